The van der Waals surface area contributed by atoms with Crippen LogP contribution >= 0.6 is 0 Å². The van der Waals surface area contributed by atoms with Gasteiger partial charge in [-0.3, -0.25) is 9.59 Å². The van der Waals surface area contributed by atoms with Crippen molar-refractivity contribution < 1.29 is 88.7 Å². The number of nitrogens with zero attached hydrogens (tertiary/aromatic N) is 2. The predicted octanol–water partition coefficient (Wildman–Crippen LogP) is 3.74. The van der Waals surface area contributed by atoms with Crippen molar-refractivity contribution in [2.75, 3.05) is 0 Å². The van der Waals surface area contributed by atoms with E-state index in [9.17, 15) is 30.0 Å². The molecule has 46 heavy (non-hydrogen) atoms. The van der Waals surface area contributed by atoms with Crippen LogP contribution in [-0.4, -0.2) is 52.3 Å². The van der Waals surface area contributed by atoms with Crippen LogP contribution in [-0.2, 0) is 37.3 Å². The molecule has 12 heteroatoms. The van der Waals surface area contributed by atoms with E-state index in [4.69, 9.17) is 9.97 Å². The number of carboxylic acids is 2. The number of aliphatic carboxylic acids is 2. The molecule has 5 heterocycles. The third-order valence-electron chi connectivity index (χ3n) is 8.65. The molecule has 0 radical (unpaired) electrons. The summed E-state index contributed by atoms with van der Waals surface area (Å²) < 4.78 is 0. The number of aryl methyl sites for hydroxylation is 2. The van der Waals surface area contributed by atoms with Gasteiger partial charge in [-0.25, -0.2) is 9.97 Å². The molecule has 2 aliphatic heterocycles. The van der Waals surface area contributed by atoms with Gasteiger partial charge in [0, 0.05) is 73.7 Å². The van der Waals surface area contributed by atoms with E-state index in [0.29, 0.717) is 39.4 Å². The smallest absolute Gasteiger partial charge is 1.00 e. The minimum Gasteiger partial charge on any atom is -1.00 e. The van der Waals surface area contributed by atoms with Gasteiger partial charge in [0.1, 0.15) is 0 Å². The average molecular weight is 823 g/mol. The van der Waals surface area contributed by atoms with E-state index in [-0.39, 0.29) is 84.3 Å². The largest absolute Gasteiger partial charge is 1.00 e. The maximum Gasteiger partial charge on any atom is 1.00 e. The molecule has 0 amide bonds. The molecule has 2 aliphatic rings. The van der Waals surface area contributed by atoms with Crippen LogP contribution in [0, 0.1) is 13.8 Å². The van der Waals surface area contributed by atoms with Gasteiger partial charge in [-0.2, -0.15) is 0 Å². The normalized spacial score (nSPS) is 14.1. The van der Waals surface area contributed by atoms with Gasteiger partial charge < -0.3 is 31.8 Å². The first-order valence-corrected chi connectivity index (χ1v) is 14.7. The van der Waals surface area contributed by atoms with Crippen molar-refractivity contribution in [1.29, 1.82) is 0 Å². The van der Waals surface area contributed by atoms with Crippen LogP contribution in [0.25, 0.3) is 44.4 Å². The Labute approximate surface area is 311 Å². The predicted molar refractivity (Wildman–Crippen MR) is 172 cm³/mol. The maximum absolute atomic E-state index is 11.6. The number of carbonyl (C=O) groups is 2. The molecule has 10 nitrogen and oxygen atoms in total. The first-order chi connectivity index (χ1) is 20.8. The van der Waals surface area contributed by atoms with Crippen LogP contribution in [0.15, 0.2) is 24.3 Å². The summed E-state index contributed by atoms with van der Waals surface area (Å²) in [6, 6.07) is 7.51. The summed E-state index contributed by atoms with van der Waals surface area (Å²) in [5.74, 6) is -1.84. The molecule has 2 unspecified atom stereocenters. The summed E-state index contributed by atoms with van der Waals surface area (Å²) in [6.07, 6.45) is -1.18. The molecule has 3 aromatic heterocycles. The summed E-state index contributed by atoms with van der Waals surface area (Å²) in [6.45, 7) is 11.1. The van der Waals surface area contributed by atoms with E-state index in [1.807, 2.05) is 52.0 Å². The Balaban J connectivity index is 0.00000256. The van der Waals surface area contributed by atoms with Crippen molar-refractivity contribution in [2.45, 2.75) is 79.4 Å². The van der Waals surface area contributed by atoms with Gasteiger partial charge in [0.15, 0.2) is 0 Å². The fraction of sp³-hybridized carbons (Fsp3) is 0.353. The second-order valence-electron chi connectivity index (χ2n) is 11.7. The van der Waals surface area contributed by atoms with Gasteiger partial charge in [-0.05, 0) is 112 Å². The third kappa shape index (κ3) is 7.42. The zero-order valence-corrected chi connectivity index (χ0v) is 35.0. The Hall–Kier alpha value is -2.60. The molecule has 5 rings (SSSR count). The summed E-state index contributed by atoms with van der Waals surface area (Å²) in [5, 5.41) is 40.5. The first-order valence-electron chi connectivity index (χ1n) is 14.7. The number of aliphatic hydroxyl groups is 2. The SMILES string of the molecule is CC1=C(CCC(=O)O)c2cc3nc(cc4[nH]c(cc5[nH]c(cc1n2)c(C)c5C(C)O)c(C)c4C(C)O)C(C)=C3CCC(=O)O.[H-].[Hg].[Na+]. The maximum atomic E-state index is 11.6. The van der Waals surface area contributed by atoms with Crippen LogP contribution in [0.5, 0.6) is 0 Å². The molecule has 0 fully saturated rings. The molecule has 2 atom stereocenters. The summed E-state index contributed by atoms with van der Waals surface area (Å²) in [5.41, 5.74) is 11.7. The van der Waals surface area contributed by atoms with Crippen LogP contribution in [0.2, 0.25) is 0 Å². The minimum absolute atomic E-state index is 0. The van der Waals surface area contributed by atoms with Gasteiger partial charge in [0.05, 0.1) is 35.0 Å². The molecule has 0 spiro atoms. The van der Waals surface area contributed by atoms with E-state index in [1.54, 1.807) is 13.8 Å². The molecule has 8 bridgehead atoms. The molecule has 0 aromatic carbocycles. The molecule has 3 aromatic rings. The number of aromatic nitrogens is 4. The van der Waals surface area contributed by atoms with Crippen molar-refractivity contribution in [3.63, 3.8) is 0 Å². The summed E-state index contributed by atoms with van der Waals surface area (Å²) in [7, 11) is 0. The van der Waals surface area contributed by atoms with Gasteiger partial charge in [0.2, 0.25) is 0 Å². The van der Waals surface area contributed by atoms with E-state index in [0.717, 1.165) is 50.0 Å². The van der Waals surface area contributed by atoms with Crippen LogP contribution in [0.4, 0.5) is 0 Å². The second-order valence-corrected chi connectivity index (χ2v) is 11.7. The van der Waals surface area contributed by atoms with Crippen LogP contribution in [0.3, 0.4) is 0 Å². The van der Waals surface area contributed by atoms with Gasteiger partial charge in [-0.1, -0.05) is 0 Å². The number of aromatic amines is 2. The molecular weight excluding hydrogens is 784 g/mol. The summed E-state index contributed by atoms with van der Waals surface area (Å²) >= 11 is 0. The molecular formula is C34H39HgN4NaO6. The van der Waals surface area contributed by atoms with Crippen molar-refractivity contribution in [1.82, 2.24) is 19.9 Å². The molecule has 0 aliphatic carbocycles. The topological polar surface area (TPSA) is 172 Å². The van der Waals surface area contributed by atoms with Crippen molar-refractivity contribution >= 4 is 56.3 Å². The Bertz CT molecular complexity index is 1940. The number of rotatable bonds is 8. The molecule has 234 valence electrons. The van der Waals surface area contributed by atoms with Crippen LogP contribution in [0.1, 0.15) is 112 Å². The molecule has 0 saturated carbocycles. The number of hydrogen-bond donors (Lipinski definition) is 6. The van der Waals surface area contributed by atoms with Crippen molar-refractivity contribution in [2.24, 2.45) is 0 Å². The number of nitrogens with one attached hydrogen (secondary N) is 2. The Morgan fingerprint density at radius 1 is 0.674 bits per heavy atom. The van der Waals surface area contributed by atoms with Gasteiger partial charge >= 0.3 is 41.5 Å². The first kappa shape index (κ1) is 37.8. The Morgan fingerprint density at radius 2 is 1.04 bits per heavy atom. The standard InChI is InChI=1S/C34H38N4O6.Hg.Na.H/c1-15-21(7-9-31(41)42)27-14-28-22(8-10-32(43)44)16(2)24(36-28)12-29-34(20(6)40)18(4)26(38-29)13-30-33(19(5)39)17(3)25(37-30)11-23(15)35-27;;;/h11-14,19-20,37-40H,7-10H2,1-6H3,(H,41,42)(H,43,44);;;/q;;+1;-1. The number of carboxylic acid groups (broad SMARTS) is 2. The number of aliphatic hydroxyl groups excluding tert-OH is 2. The fourth-order valence-electron chi connectivity index (χ4n) is 6.32. The van der Waals surface area contributed by atoms with E-state index in [2.05, 4.69) is 9.97 Å². The Kier molecular flexibility index (Phi) is 12.4. The van der Waals surface area contributed by atoms with Gasteiger partial charge in [-0.15, -0.1) is 0 Å². The van der Waals surface area contributed by atoms with Crippen LogP contribution < -0.4 is 29.6 Å². The number of H-pyrrole nitrogens is 2. The van der Waals surface area contributed by atoms with Gasteiger partial charge in [0.25, 0.3) is 0 Å². The monoisotopic (exact) mass is 824 g/mol. The number of allylic oxidation sites excluding steroid dienone is 4. The Morgan fingerprint density at radius 3 is 1.43 bits per heavy atom. The summed E-state index contributed by atoms with van der Waals surface area (Å²) in [4.78, 5) is 39.8. The van der Waals surface area contributed by atoms with E-state index in [1.165, 1.54) is 0 Å². The third-order valence-corrected chi connectivity index (χ3v) is 8.65. The van der Waals surface area contributed by atoms with E-state index < -0.39 is 24.1 Å². The number of fused-ring (bicyclic) bond motifs is 8. The second kappa shape index (κ2) is 15.1. The molecule has 6 N–H and O–H groups in total. The average Bonchev–Trinajstić information content (AvgIpc) is 3.59. The zero-order valence-electron chi connectivity index (χ0n) is 28.5. The van der Waals surface area contributed by atoms with Crippen molar-refractivity contribution in [3.8, 4) is 0 Å². The van der Waals surface area contributed by atoms with E-state index >= 15 is 0 Å². The minimum atomic E-state index is -0.921. The molecule has 0 saturated heterocycles. The fourth-order valence-corrected chi connectivity index (χ4v) is 6.32. The number of hydrogen-bond acceptors (Lipinski definition) is 6. The van der Waals surface area contributed by atoms with Crippen molar-refractivity contribution in [3.05, 3.63) is 69.3 Å². The zero-order chi connectivity index (χ0) is 32.0. The quantitative estimate of drug-likeness (QED) is 0.187.